The molecular formula is C22H27N3O5S. The first-order valence-electron chi connectivity index (χ1n) is 9.97. The smallest absolute Gasteiger partial charge is 0.257 e. The zero-order valence-electron chi connectivity index (χ0n) is 18.0. The van der Waals surface area contributed by atoms with Gasteiger partial charge >= 0.3 is 0 Å². The minimum absolute atomic E-state index is 0.0332. The molecule has 0 spiro atoms. The normalized spacial score (nSPS) is 13.2. The molecule has 0 aliphatic carbocycles. The lowest BCUT2D eigenvalue weighted by Crippen LogP contribution is -2.35. The number of rotatable bonds is 7. The van der Waals surface area contributed by atoms with Gasteiger partial charge in [-0.1, -0.05) is 12.1 Å². The van der Waals surface area contributed by atoms with E-state index in [0.29, 0.717) is 49.6 Å². The van der Waals surface area contributed by atoms with Crippen LogP contribution in [-0.2, 0) is 24.3 Å². The van der Waals surface area contributed by atoms with Gasteiger partial charge in [0.15, 0.2) is 0 Å². The summed E-state index contributed by atoms with van der Waals surface area (Å²) in [6.07, 6.45) is 2.28. The van der Waals surface area contributed by atoms with Crippen LogP contribution in [0.1, 0.15) is 21.6 Å². The zero-order chi connectivity index (χ0) is 22.4. The first-order valence-corrected chi connectivity index (χ1v) is 11.4. The fourth-order valence-electron chi connectivity index (χ4n) is 3.63. The number of nitrogens with zero attached hydrogens (tertiary/aromatic N) is 2. The van der Waals surface area contributed by atoms with E-state index in [1.54, 1.807) is 16.6 Å². The molecule has 1 aliphatic rings. The van der Waals surface area contributed by atoms with E-state index in [1.165, 1.54) is 24.9 Å². The molecule has 3 rings (SSSR count). The molecule has 166 valence electrons. The first-order chi connectivity index (χ1) is 15.0. The van der Waals surface area contributed by atoms with Gasteiger partial charge in [0.25, 0.3) is 11.5 Å². The molecule has 8 nitrogen and oxygen atoms in total. The van der Waals surface area contributed by atoms with Gasteiger partial charge in [-0.2, -0.15) is 11.8 Å². The SMILES string of the molecule is COc1ccc(CNC(=O)c2c(OC)cc(=O)n3c2CCN(C(=O)CSC)CC3)cc1. The highest BCUT2D eigenvalue weighted by atomic mass is 32.2. The van der Waals surface area contributed by atoms with Crippen molar-refractivity contribution in [1.82, 2.24) is 14.8 Å². The summed E-state index contributed by atoms with van der Waals surface area (Å²) in [7, 11) is 3.04. The second-order valence-electron chi connectivity index (χ2n) is 7.12. The standard InChI is InChI=1S/C22H27N3O5S/c1-29-16-6-4-15(5-7-16)13-23-22(28)21-17-8-9-24(20(27)14-31-3)10-11-25(17)19(26)12-18(21)30-2/h4-7,12H,8-11,13-14H2,1-3H3,(H,23,28). The number of carbonyl (C=O) groups excluding carboxylic acids is 2. The van der Waals surface area contributed by atoms with Gasteiger partial charge in [-0.25, -0.2) is 0 Å². The van der Waals surface area contributed by atoms with E-state index >= 15 is 0 Å². The van der Waals surface area contributed by atoms with Crippen molar-refractivity contribution in [3.05, 3.63) is 57.5 Å². The van der Waals surface area contributed by atoms with Crippen LogP contribution >= 0.6 is 11.8 Å². The van der Waals surface area contributed by atoms with Gasteiger partial charge in [-0.05, 0) is 24.0 Å². The Balaban J connectivity index is 1.85. The Morgan fingerprint density at radius 2 is 1.84 bits per heavy atom. The van der Waals surface area contributed by atoms with E-state index in [4.69, 9.17) is 9.47 Å². The van der Waals surface area contributed by atoms with Crippen LogP contribution in [0.25, 0.3) is 0 Å². The van der Waals surface area contributed by atoms with Crippen molar-refractivity contribution in [1.29, 1.82) is 0 Å². The Morgan fingerprint density at radius 1 is 1.10 bits per heavy atom. The van der Waals surface area contributed by atoms with Crippen LogP contribution in [0.4, 0.5) is 0 Å². The van der Waals surface area contributed by atoms with Gasteiger partial charge in [-0.15, -0.1) is 0 Å². The van der Waals surface area contributed by atoms with Crippen LogP contribution in [-0.4, -0.2) is 60.6 Å². The predicted molar refractivity (Wildman–Crippen MR) is 120 cm³/mol. The fraction of sp³-hybridized carbons (Fsp3) is 0.409. The third-order valence-electron chi connectivity index (χ3n) is 5.27. The number of nitrogens with one attached hydrogen (secondary N) is 1. The number of carbonyl (C=O) groups is 2. The summed E-state index contributed by atoms with van der Waals surface area (Å²) < 4.78 is 12.1. The monoisotopic (exact) mass is 445 g/mol. The molecule has 1 aromatic carbocycles. The highest BCUT2D eigenvalue weighted by Crippen LogP contribution is 2.23. The summed E-state index contributed by atoms with van der Waals surface area (Å²) in [6.45, 7) is 1.55. The van der Waals surface area contributed by atoms with Crippen LogP contribution in [0.3, 0.4) is 0 Å². The van der Waals surface area contributed by atoms with Gasteiger partial charge < -0.3 is 24.3 Å². The second-order valence-corrected chi connectivity index (χ2v) is 7.98. The topological polar surface area (TPSA) is 89.9 Å². The second kappa shape index (κ2) is 10.4. The summed E-state index contributed by atoms with van der Waals surface area (Å²) in [5, 5.41) is 2.91. The van der Waals surface area contributed by atoms with E-state index in [2.05, 4.69) is 5.32 Å². The summed E-state index contributed by atoms with van der Waals surface area (Å²) in [4.78, 5) is 39.8. The maximum atomic E-state index is 13.1. The Morgan fingerprint density at radius 3 is 2.48 bits per heavy atom. The van der Waals surface area contributed by atoms with E-state index < -0.39 is 0 Å². The van der Waals surface area contributed by atoms with Crippen molar-refractivity contribution in [2.45, 2.75) is 19.5 Å². The number of fused-ring (bicyclic) bond motifs is 1. The van der Waals surface area contributed by atoms with E-state index in [9.17, 15) is 14.4 Å². The Labute approximate surface area is 185 Å². The first kappa shape index (κ1) is 22.7. The van der Waals surface area contributed by atoms with Crippen molar-refractivity contribution in [3.63, 3.8) is 0 Å². The molecule has 1 aliphatic heterocycles. The summed E-state index contributed by atoms with van der Waals surface area (Å²) in [5.41, 5.74) is 1.62. The van der Waals surface area contributed by atoms with Gasteiger partial charge in [0.1, 0.15) is 17.1 Å². The summed E-state index contributed by atoms with van der Waals surface area (Å²) >= 11 is 1.47. The van der Waals surface area contributed by atoms with Gasteiger partial charge in [0.05, 0.1) is 20.0 Å². The number of hydrogen-bond acceptors (Lipinski definition) is 6. The lowest BCUT2D eigenvalue weighted by atomic mass is 10.1. The van der Waals surface area contributed by atoms with Gasteiger partial charge in [0.2, 0.25) is 5.91 Å². The quantitative estimate of drug-likeness (QED) is 0.696. The highest BCUT2D eigenvalue weighted by molar-refractivity contribution is 7.99. The molecule has 2 aromatic rings. The van der Waals surface area contributed by atoms with Crippen molar-refractivity contribution < 1.29 is 19.1 Å². The van der Waals surface area contributed by atoms with Crippen LogP contribution < -0.4 is 20.3 Å². The minimum atomic E-state index is -0.319. The van der Waals surface area contributed by atoms with E-state index in [0.717, 1.165) is 11.3 Å². The maximum Gasteiger partial charge on any atom is 0.257 e. The molecule has 0 bridgehead atoms. The third-order valence-corrected chi connectivity index (χ3v) is 5.81. The van der Waals surface area contributed by atoms with Crippen molar-refractivity contribution in [2.24, 2.45) is 0 Å². The number of pyridine rings is 1. The molecule has 1 N–H and O–H groups in total. The lowest BCUT2D eigenvalue weighted by molar-refractivity contribution is -0.128. The van der Waals surface area contributed by atoms with Crippen molar-refractivity contribution in [3.8, 4) is 11.5 Å². The number of hydrogen-bond donors (Lipinski definition) is 1. The number of benzene rings is 1. The minimum Gasteiger partial charge on any atom is -0.497 e. The molecule has 1 aromatic heterocycles. The Kier molecular flexibility index (Phi) is 7.62. The van der Waals surface area contributed by atoms with Gasteiger partial charge in [0, 0.05) is 44.4 Å². The van der Waals surface area contributed by atoms with Crippen LogP contribution in [0, 0.1) is 0 Å². The Hall–Kier alpha value is -2.94. The number of aromatic nitrogens is 1. The number of methoxy groups -OCH3 is 2. The molecule has 0 saturated carbocycles. The summed E-state index contributed by atoms with van der Waals surface area (Å²) in [5.74, 6) is 1.09. The predicted octanol–water partition coefficient (Wildman–Crippen LogP) is 1.54. The number of amides is 2. The lowest BCUT2D eigenvalue weighted by Gasteiger charge is -2.19. The van der Waals surface area contributed by atoms with Crippen LogP contribution in [0.5, 0.6) is 11.5 Å². The average molecular weight is 446 g/mol. The number of ether oxygens (including phenoxy) is 2. The highest BCUT2D eigenvalue weighted by Gasteiger charge is 2.26. The zero-order valence-corrected chi connectivity index (χ0v) is 18.8. The largest absolute Gasteiger partial charge is 0.497 e. The molecule has 31 heavy (non-hydrogen) atoms. The van der Waals surface area contributed by atoms with Crippen LogP contribution in [0.15, 0.2) is 35.1 Å². The maximum absolute atomic E-state index is 13.1. The summed E-state index contributed by atoms with van der Waals surface area (Å²) in [6, 6.07) is 8.75. The van der Waals surface area contributed by atoms with Gasteiger partial charge in [-0.3, -0.25) is 14.4 Å². The molecule has 0 fully saturated rings. The van der Waals surface area contributed by atoms with Crippen molar-refractivity contribution >= 4 is 23.6 Å². The molecule has 0 radical (unpaired) electrons. The molecule has 2 amide bonds. The number of thioether (sulfide) groups is 1. The fourth-order valence-corrected chi connectivity index (χ4v) is 4.06. The van der Waals surface area contributed by atoms with E-state index in [-0.39, 0.29) is 23.1 Å². The molecule has 9 heteroatoms. The molecule has 0 saturated heterocycles. The molecule has 0 atom stereocenters. The Bertz CT molecular complexity index is 1000. The average Bonchev–Trinajstić information content (AvgIpc) is 3.01. The van der Waals surface area contributed by atoms with E-state index in [1.807, 2.05) is 30.5 Å². The molecule has 0 unspecified atom stereocenters. The third kappa shape index (κ3) is 5.22. The molecule has 2 heterocycles. The van der Waals surface area contributed by atoms with Crippen molar-refractivity contribution in [2.75, 3.05) is 39.3 Å². The van der Waals surface area contributed by atoms with Crippen LogP contribution in [0.2, 0.25) is 0 Å². The molecular weight excluding hydrogens is 418 g/mol.